The summed E-state index contributed by atoms with van der Waals surface area (Å²) in [6, 6.07) is 8.80. The molecule has 0 heterocycles. The highest BCUT2D eigenvalue weighted by Gasteiger charge is 2.21. The average molecular weight is 370 g/mol. The van der Waals surface area contributed by atoms with Gasteiger partial charge in [0, 0.05) is 11.6 Å². The Morgan fingerprint density at radius 2 is 2.07 bits per heavy atom. The summed E-state index contributed by atoms with van der Waals surface area (Å²) in [4.78, 5) is 27.9. The van der Waals surface area contributed by atoms with Crippen LogP contribution in [0.3, 0.4) is 0 Å². The standard InChI is InChI=1S/C19H18N2O6/c1-11-7-13-9-14(22)4-5-15(13)16(8-11)20-27-19(23)12-3-6-18(26-2)17(10-12)21(24)25/h3-6,8-11,20,22H,7H2,1-2H3. The molecule has 0 saturated heterocycles. The SMILES string of the molecule is COc1ccc(C(=O)ONC2=CC(C)Cc3cc(O)ccc32)cc1[N+](=O)[O-]. The Balaban J connectivity index is 1.78. The van der Waals surface area contributed by atoms with Crippen LogP contribution in [-0.2, 0) is 11.3 Å². The van der Waals surface area contributed by atoms with Gasteiger partial charge in [-0.05, 0) is 48.2 Å². The molecule has 8 heteroatoms. The van der Waals surface area contributed by atoms with Crippen molar-refractivity contribution in [1.29, 1.82) is 0 Å². The van der Waals surface area contributed by atoms with Crippen LogP contribution in [0, 0.1) is 16.0 Å². The van der Waals surface area contributed by atoms with Crippen molar-refractivity contribution in [2.24, 2.45) is 5.92 Å². The molecule has 0 saturated carbocycles. The van der Waals surface area contributed by atoms with Gasteiger partial charge in [-0.2, -0.15) is 0 Å². The van der Waals surface area contributed by atoms with Crippen LogP contribution in [0.25, 0.3) is 5.70 Å². The molecule has 1 atom stereocenters. The van der Waals surface area contributed by atoms with Gasteiger partial charge in [-0.1, -0.05) is 13.0 Å². The Morgan fingerprint density at radius 1 is 1.30 bits per heavy atom. The number of carbonyl (C=O) groups excluding carboxylic acids is 1. The van der Waals surface area contributed by atoms with E-state index in [9.17, 15) is 20.0 Å². The Bertz CT molecular complexity index is 938. The van der Waals surface area contributed by atoms with E-state index in [1.165, 1.54) is 19.2 Å². The predicted molar refractivity (Wildman–Crippen MR) is 97.2 cm³/mol. The van der Waals surface area contributed by atoms with Gasteiger partial charge in [0.2, 0.25) is 0 Å². The fourth-order valence-electron chi connectivity index (χ4n) is 3.00. The van der Waals surface area contributed by atoms with Crippen molar-refractivity contribution in [1.82, 2.24) is 5.48 Å². The Labute approximate surface area is 155 Å². The molecule has 140 valence electrons. The molecule has 0 aromatic heterocycles. The Morgan fingerprint density at radius 3 is 2.78 bits per heavy atom. The van der Waals surface area contributed by atoms with E-state index in [0.717, 1.165) is 23.6 Å². The fourth-order valence-corrected chi connectivity index (χ4v) is 3.00. The van der Waals surface area contributed by atoms with Crippen LogP contribution in [0.4, 0.5) is 5.69 Å². The lowest BCUT2D eigenvalue weighted by Gasteiger charge is -2.22. The lowest BCUT2D eigenvalue weighted by atomic mass is 9.88. The minimum absolute atomic E-state index is 0.0189. The Hall–Kier alpha value is -3.55. The number of hydrogen-bond acceptors (Lipinski definition) is 7. The first-order chi connectivity index (χ1) is 12.9. The van der Waals surface area contributed by atoms with Crippen LogP contribution < -0.4 is 10.2 Å². The van der Waals surface area contributed by atoms with Gasteiger partial charge in [-0.3, -0.25) is 10.1 Å². The van der Waals surface area contributed by atoms with Crippen molar-refractivity contribution in [3.63, 3.8) is 0 Å². The normalized spacial score (nSPS) is 15.3. The molecular formula is C19H18N2O6. The molecule has 0 fully saturated rings. The van der Waals surface area contributed by atoms with Crippen molar-refractivity contribution in [3.8, 4) is 11.5 Å². The first-order valence-corrected chi connectivity index (χ1v) is 8.22. The predicted octanol–water partition coefficient (Wildman–Crippen LogP) is 3.20. The van der Waals surface area contributed by atoms with Crippen molar-refractivity contribution in [2.75, 3.05) is 7.11 Å². The number of carbonyl (C=O) groups is 1. The third-order valence-electron chi connectivity index (χ3n) is 4.24. The number of fused-ring (bicyclic) bond motifs is 1. The number of benzene rings is 2. The van der Waals surface area contributed by atoms with Gasteiger partial charge < -0.3 is 14.7 Å². The maximum Gasteiger partial charge on any atom is 0.363 e. The first-order valence-electron chi connectivity index (χ1n) is 8.22. The van der Waals surface area contributed by atoms with Crippen molar-refractivity contribution in [2.45, 2.75) is 13.3 Å². The van der Waals surface area contributed by atoms with E-state index in [1.807, 2.05) is 13.0 Å². The molecule has 0 bridgehead atoms. The molecule has 0 spiro atoms. The summed E-state index contributed by atoms with van der Waals surface area (Å²) in [6.07, 6.45) is 2.68. The number of allylic oxidation sites excluding steroid dienone is 1. The lowest BCUT2D eigenvalue weighted by Crippen LogP contribution is -2.22. The molecular weight excluding hydrogens is 352 g/mol. The summed E-state index contributed by atoms with van der Waals surface area (Å²) < 4.78 is 4.92. The van der Waals surface area contributed by atoms with E-state index in [4.69, 9.17) is 9.57 Å². The number of hydroxylamine groups is 1. The number of nitro groups is 1. The molecule has 2 aromatic carbocycles. The molecule has 0 aliphatic heterocycles. The van der Waals surface area contributed by atoms with E-state index in [0.29, 0.717) is 5.70 Å². The summed E-state index contributed by atoms with van der Waals surface area (Å²) in [7, 11) is 1.31. The number of aromatic hydroxyl groups is 1. The van der Waals surface area contributed by atoms with Crippen LogP contribution in [0.1, 0.15) is 28.4 Å². The largest absolute Gasteiger partial charge is 0.508 e. The fraction of sp³-hybridized carbons (Fsp3) is 0.211. The Kier molecular flexibility index (Phi) is 4.98. The number of methoxy groups -OCH3 is 1. The van der Waals surface area contributed by atoms with Gasteiger partial charge in [0.15, 0.2) is 5.75 Å². The highest BCUT2D eigenvalue weighted by molar-refractivity contribution is 5.91. The summed E-state index contributed by atoms with van der Waals surface area (Å²) in [5.41, 5.74) is 4.68. The second kappa shape index (κ2) is 7.36. The number of nitrogens with one attached hydrogen (secondary N) is 1. The van der Waals surface area contributed by atoms with Crippen LogP contribution in [-0.4, -0.2) is 23.1 Å². The van der Waals surface area contributed by atoms with Crippen LogP contribution in [0.5, 0.6) is 11.5 Å². The number of hydrogen-bond donors (Lipinski definition) is 2. The van der Waals surface area contributed by atoms with Crippen molar-refractivity contribution >= 4 is 17.4 Å². The quantitative estimate of drug-likeness (QED) is 0.614. The van der Waals surface area contributed by atoms with E-state index in [2.05, 4.69) is 5.48 Å². The molecule has 0 radical (unpaired) electrons. The molecule has 2 aromatic rings. The van der Waals surface area contributed by atoms with Gasteiger partial charge in [0.05, 0.1) is 23.3 Å². The van der Waals surface area contributed by atoms with Gasteiger partial charge in [-0.15, -0.1) is 0 Å². The molecule has 1 aliphatic rings. The number of rotatable bonds is 5. The molecule has 0 amide bonds. The second-order valence-corrected chi connectivity index (χ2v) is 6.24. The molecule has 3 rings (SSSR count). The third-order valence-corrected chi connectivity index (χ3v) is 4.24. The van der Waals surface area contributed by atoms with E-state index in [1.54, 1.807) is 18.2 Å². The first kappa shape index (κ1) is 18.2. The van der Waals surface area contributed by atoms with E-state index in [-0.39, 0.29) is 28.7 Å². The summed E-state index contributed by atoms with van der Waals surface area (Å²) in [5, 5.41) is 20.7. The van der Waals surface area contributed by atoms with Gasteiger partial charge in [0.25, 0.3) is 0 Å². The maximum absolute atomic E-state index is 12.3. The van der Waals surface area contributed by atoms with Gasteiger partial charge in [0.1, 0.15) is 5.75 Å². The number of nitrogens with zero attached hydrogens (tertiary/aromatic N) is 1. The van der Waals surface area contributed by atoms with Crippen LogP contribution in [0.15, 0.2) is 42.5 Å². The molecule has 8 nitrogen and oxygen atoms in total. The average Bonchev–Trinajstić information content (AvgIpc) is 2.64. The van der Waals surface area contributed by atoms with Crippen LogP contribution in [0.2, 0.25) is 0 Å². The summed E-state index contributed by atoms with van der Waals surface area (Å²) in [5.74, 6) is -0.352. The zero-order chi connectivity index (χ0) is 19.6. The lowest BCUT2D eigenvalue weighted by molar-refractivity contribution is -0.385. The molecule has 27 heavy (non-hydrogen) atoms. The highest BCUT2D eigenvalue weighted by Crippen LogP contribution is 2.31. The highest BCUT2D eigenvalue weighted by atomic mass is 16.7. The maximum atomic E-state index is 12.3. The number of ether oxygens (including phenoxy) is 1. The summed E-state index contributed by atoms with van der Waals surface area (Å²) in [6.45, 7) is 2.00. The minimum Gasteiger partial charge on any atom is -0.508 e. The van der Waals surface area contributed by atoms with Crippen molar-refractivity contribution < 1.29 is 24.4 Å². The number of nitro benzene ring substituents is 1. The molecule has 2 N–H and O–H groups in total. The monoisotopic (exact) mass is 370 g/mol. The smallest absolute Gasteiger partial charge is 0.363 e. The molecule has 1 unspecified atom stereocenters. The second-order valence-electron chi connectivity index (χ2n) is 6.24. The van der Waals surface area contributed by atoms with Gasteiger partial charge in [-0.25, -0.2) is 10.3 Å². The third kappa shape index (κ3) is 3.84. The van der Waals surface area contributed by atoms with Crippen LogP contribution >= 0.6 is 0 Å². The zero-order valence-electron chi connectivity index (χ0n) is 14.8. The summed E-state index contributed by atoms with van der Waals surface area (Å²) >= 11 is 0. The minimum atomic E-state index is -0.764. The number of phenols is 1. The molecule has 1 aliphatic carbocycles. The number of phenolic OH excluding ortho intramolecular Hbond substituents is 1. The van der Waals surface area contributed by atoms with Gasteiger partial charge >= 0.3 is 11.7 Å². The zero-order valence-corrected chi connectivity index (χ0v) is 14.8. The topological polar surface area (TPSA) is 111 Å². The van der Waals surface area contributed by atoms with E-state index < -0.39 is 10.9 Å². The van der Waals surface area contributed by atoms with E-state index >= 15 is 0 Å². The van der Waals surface area contributed by atoms with Crippen molar-refractivity contribution in [3.05, 3.63) is 69.3 Å².